The average molecular weight is 258 g/mol. The fourth-order valence-electron chi connectivity index (χ4n) is 1.73. The molecule has 1 N–H and O–H groups in total. The van der Waals surface area contributed by atoms with Crippen molar-refractivity contribution in [1.82, 2.24) is 0 Å². The minimum Gasteiger partial charge on any atom is -0.366 e. The summed E-state index contributed by atoms with van der Waals surface area (Å²) in [6.07, 6.45) is -4.31. The number of nitrogens with zero attached hydrogens (tertiary/aromatic N) is 1. The summed E-state index contributed by atoms with van der Waals surface area (Å²) in [5.74, 6) is -1.43. The molecule has 1 heterocycles. The van der Waals surface area contributed by atoms with Gasteiger partial charge in [-0.15, -0.1) is 0 Å². The van der Waals surface area contributed by atoms with E-state index in [9.17, 15) is 22.8 Å². The summed E-state index contributed by atoms with van der Waals surface area (Å²) in [6.45, 7) is -1.10. The van der Waals surface area contributed by atoms with Gasteiger partial charge in [0.15, 0.2) is 0 Å². The van der Waals surface area contributed by atoms with Crippen LogP contribution in [0.15, 0.2) is 18.2 Å². The average Bonchev–Trinajstić information content (AvgIpc) is 2.52. The molecule has 1 aromatic carbocycles. The van der Waals surface area contributed by atoms with Crippen LogP contribution in [0.2, 0.25) is 0 Å². The Morgan fingerprint density at radius 1 is 1.28 bits per heavy atom. The highest BCUT2D eigenvalue weighted by atomic mass is 19.4. The number of fused-ring (bicyclic) bond motifs is 1. The summed E-state index contributed by atoms with van der Waals surface area (Å²) in [5, 5.41) is 2.31. The number of anilines is 2. The van der Waals surface area contributed by atoms with E-state index in [0.29, 0.717) is 0 Å². The van der Waals surface area contributed by atoms with Crippen molar-refractivity contribution in [3.63, 3.8) is 0 Å². The number of hydrogen-bond donors (Lipinski definition) is 1. The van der Waals surface area contributed by atoms with Gasteiger partial charge in [-0.25, -0.2) is 0 Å². The topological polar surface area (TPSA) is 49.4 Å². The molecule has 1 aromatic rings. The number of nitrogens with one attached hydrogen (secondary N) is 1. The molecule has 0 aromatic heterocycles. The van der Waals surface area contributed by atoms with Crippen LogP contribution in [0, 0.1) is 0 Å². The van der Waals surface area contributed by atoms with Crippen molar-refractivity contribution < 1.29 is 22.8 Å². The summed E-state index contributed by atoms with van der Waals surface area (Å²) >= 11 is 0. The first-order chi connectivity index (χ1) is 8.28. The lowest BCUT2D eigenvalue weighted by molar-refractivity contribution is -0.119. The van der Waals surface area contributed by atoms with Crippen LogP contribution in [0.5, 0.6) is 0 Å². The number of alkyl halides is 3. The highest BCUT2D eigenvalue weighted by molar-refractivity contribution is 6.51. The third-order valence-corrected chi connectivity index (χ3v) is 2.56. The molecule has 7 heteroatoms. The van der Waals surface area contributed by atoms with Crippen molar-refractivity contribution in [2.75, 3.05) is 23.8 Å². The number of carbonyl (C=O) groups excluding carboxylic acids is 2. The molecule has 0 saturated heterocycles. The molecule has 96 valence electrons. The zero-order valence-corrected chi connectivity index (χ0v) is 9.34. The molecule has 1 aliphatic heterocycles. The van der Waals surface area contributed by atoms with Crippen molar-refractivity contribution in [3.8, 4) is 0 Å². The molecule has 1 amide bonds. The van der Waals surface area contributed by atoms with Gasteiger partial charge in [0.1, 0.15) is 6.54 Å². The van der Waals surface area contributed by atoms with Gasteiger partial charge in [0.25, 0.3) is 11.7 Å². The van der Waals surface area contributed by atoms with Crippen LogP contribution in [0.25, 0.3) is 0 Å². The minimum atomic E-state index is -4.31. The maximum absolute atomic E-state index is 12.2. The molecule has 0 atom stereocenters. The Labute approximate surface area is 100 Å². The standard InChI is InChI=1S/C11H9F3N2O2/c1-16(5-11(12,13)14)6-2-3-7-8(4-6)15-10(18)9(7)17/h2-4H,5H2,1H3,(H,15,17,18). The van der Waals surface area contributed by atoms with Crippen LogP contribution in [0.4, 0.5) is 24.5 Å². The van der Waals surface area contributed by atoms with E-state index in [1.54, 1.807) is 0 Å². The maximum Gasteiger partial charge on any atom is 0.405 e. The lowest BCUT2D eigenvalue weighted by Gasteiger charge is -2.21. The van der Waals surface area contributed by atoms with E-state index < -0.39 is 24.4 Å². The van der Waals surface area contributed by atoms with E-state index in [2.05, 4.69) is 5.32 Å². The molecular formula is C11H9F3N2O2. The molecule has 4 nitrogen and oxygen atoms in total. The Balaban J connectivity index is 2.26. The number of benzene rings is 1. The molecule has 0 aliphatic carbocycles. The lowest BCUT2D eigenvalue weighted by Crippen LogP contribution is -2.30. The van der Waals surface area contributed by atoms with Gasteiger partial charge in [-0.2, -0.15) is 13.2 Å². The Morgan fingerprint density at radius 3 is 2.56 bits per heavy atom. The Kier molecular flexibility index (Phi) is 2.76. The van der Waals surface area contributed by atoms with Crippen LogP contribution in [-0.2, 0) is 4.79 Å². The van der Waals surface area contributed by atoms with E-state index >= 15 is 0 Å². The fraction of sp³-hybridized carbons (Fsp3) is 0.273. The zero-order chi connectivity index (χ0) is 13.5. The molecule has 0 unspecified atom stereocenters. The van der Waals surface area contributed by atoms with Crippen molar-refractivity contribution >= 4 is 23.1 Å². The molecule has 0 bridgehead atoms. The van der Waals surface area contributed by atoms with Gasteiger partial charge in [-0.05, 0) is 18.2 Å². The molecule has 1 aliphatic rings. The van der Waals surface area contributed by atoms with E-state index in [1.807, 2.05) is 0 Å². The third-order valence-electron chi connectivity index (χ3n) is 2.56. The predicted octanol–water partition coefficient (Wildman–Crippen LogP) is 1.82. The van der Waals surface area contributed by atoms with Crippen LogP contribution < -0.4 is 10.2 Å². The van der Waals surface area contributed by atoms with Crippen LogP contribution in [0.1, 0.15) is 10.4 Å². The summed E-state index contributed by atoms with van der Waals surface area (Å²) in [4.78, 5) is 23.4. The van der Waals surface area contributed by atoms with E-state index in [4.69, 9.17) is 0 Å². The summed E-state index contributed by atoms with van der Waals surface area (Å²) in [5.41, 5.74) is 0.710. The van der Waals surface area contributed by atoms with Gasteiger partial charge in [-0.3, -0.25) is 9.59 Å². The highest BCUT2D eigenvalue weighted by Gasteiger charge is 2.31. The number of ketones is 1. The van der Waals surface area contributed by atoms with Crippen LogP contribution >= 0.6 is 0 Å². The number of Topliss-reactive ketones (excluding diaryl/α,β-unsaturated/α-hetero) is 1. The molecular weight excluding hydrogens is 249 g/mol. The monoisotopic (exact) mass is 258 g/mol. The number of halogens is 3. The van der Waals surface area contributed by atoms with E-state index in [1.165, 1.54) is 25.2 Å². The first-order valence-electron chi connectivity index (χ1n) is 5.05. The number of rotatable bonds is 2. The number of carbonyl (C=O) groups is 2. The summed E-state index contributed by atoms with van der Waals surface area (Å²) in [7, 11) is 1.29. The van der Waals surface area contributed by atoms with Crippen LogP contribution in [-0.4, -0.2) is 31.5 Å². The fourth-order valence-corrected chi connectivity index (χ4v) is 1.73. The predicted molar refractivity (Wildman–Crippen MR) is 58.7 cm³/mol. The summed E-state index contributed by atoms with van der Waals surface area (Å²) < 4.78 is 36.7. The number of amides is 1. The Morgan fingerprint density at radius 2 is 1.94 bits per heavy atom. The second kappa shape index (κ2) is 4.01. The third kappa shape index (κ3) is 2.29. The van der Waals surface area contributed by atoms with Gasteiger partial charge < -0.3 is 10.2 Å². The largest absolute Gasteiger partial charge is 0.405 e. The normalized spacial score (nSPS) is 14.4. The first kappa shape index (κ1) is 12.4. The highest BCUT2D eigenvalue weighted by Crippen LogP contribution is 2.29. The first-order valence-corrected chi connectivity index (χ1v) is 5.05. The van der Waals surface area contributed by atoms with Crippen molar-refractivity contribution in [3.05, 3.63) is 23.8 Å². The maximum atomic E-state index is 12.2. The van der Waals surface area contributed by atoms with Gasteiger partial charge >= 0.3 is 6.18 Å². The van der Waals surface area contributed by atoms with Crippen LogP contribution in [0.3, 0.4) is 0 Å². The quantitative estimate of drug-likeness (QED) is 0.823. The van der Waals surface area contributed by atoms with Gasteiger partial charge in [0, 0.05) is 12.7 Å². The molecule has 2 rings (SSSR count). The van der Waals surface area contributed by atoms with Crippen molar-refractivity contribution in [2.45, 2.75) is 6.18 Å². The Bertz CT molecular complexity index is 526. The van der Waals surface area contributed by atoms with Crippen molar-refractivity contribution in [2.24, 2.45) is 0 Å². The molecule has 0 fully saturated rings. The van der Waals surface area contributed by atoms with E-state index in [0.717, 1.165) is 4.90 Å². The second-order valence-electron chi connectivity index (χ2n) is 3.98. The second-order valence-corrected chi connectivity index (χ2v) is 3.98. The van der Waals surface area contributed by atoms with Gasteiger partial charge in [0.05, 0.1) is 11.3 Å². The number of hydrogen-bond acceptors (Lipinski definition) is 3. The SMILES string of the molecule is CN(CC(F)(F)F)c1ccc2c(c1)NC(=O)C2=O. The molecule has 0 spiro atoms. The van der Waals surface area contributed by atoms with E-state index in [-0.39, 0.29) is 16.9 Å². The smallest absolute Gasteiger partial charge is 0.366 e. The van der Waals surface area contributed by atoms with Gasteiger partial charge in [-0.1, -0.05) is 0 Å². The Hall–Kier alpha value is -2.05. The van der Waals surface area contributed by atoms with Gasteiger partial charge in [0.2, 0.25) is 0 Å². The molecule has 18 heavy (non-hydrogen) atoms. The molecule has 0 saturated carbocycles. The summed E-state index contributed by atoms with van der Waals surface area (Å²) in [6, 6.07) is 4.07. The van der Waals surface area contributed by atoms with Crippen molar-refractivity contribution in [1.29, 1.82) is 0 Å². The zero-order valence-electron chi connectivity index (χ0n) is 9.34. The minimum absolute atomic E-state index is 0.184. The molecule has 0 radical (unpaired) electrons. The lowest BCUT2D eigenvalue weighted by atomic mass is 10.1.